The number of nitrogens with one attached hydrogen (secondary N) is 1. The van der Waals surface area contributed by atoms with Crippen molar-refractivity contribution in [2.24, 2.45) is 0 Å². The summed E-state index contributed by atoms with van der Waals surface area (Å²) in [6.07, 6.45) is 0. The number of aromatic amines is 1. The van der Waals surface area contributed by atoms with Crippen molar-refractivity contribution in [2.45, 2.75) is 0 Å². The lowest BCUT2D eigenvalue weighted by atomic mass is 10.00. The first-order chi connectivity index (χ1) is 11.4. The molecule has 4 aromatic rings. The summed E-state index contributed by atoms with van der Waals surface area (Å²) in [5.74, 6) is 0. The molecule has 0 saturated heterocycles. The van der Waals surface area contributed by atoms with Crippen LogP contribution in [0.25, 0.3) is 33.4 Å². The van der Waals surface area contributed by atoms with E-state index in [4.69, 9.17) is 0 Å². The molecule has 0 aliphatic rings. The van der Waals surface area contributed by atoms with Crippen molar-refractivity contribution in [3.63, 3.8) is 0 Å². The molecule has 0 amide bonds. The van der Waals surface area contributed by atoms with Gasteiger partial charge < -0.3 is 0 Å². The molecule has 0 fully saturated rings. The number of hydrogen-bond donors (Lipinski definition) is 1. The zero-order valence-electron chi connectivity index (χ0n) is 12.1. The highest BCUT2D eigenvalue weighted by molar-refractivity contribution is 6.00. The van der Waals surface area contributed by atoms with Crippen molar-refractivity contribution < 1.29 is 0 Å². The Morgan fingerprint density at radius 1 is 0.783 bits per heavy atom. The maximum absolute atomic E-state index is 9.58. The third-order valence-corrected chi connectivity index (χ3v) is 3.69. The van der Waals surface area contributed by atoms with Gasteiger partial charge in [0.05, 0.1) is 0 Å². The van der Waals surface area contributed by atoms with Gasteiger partial charge in [0.15, 0.2) is 5.69 Å². The largest absolute Gasteiger partial charge is 0.234 e. The minimum absolute atomic E-state index is 0.344. The summed E-state index contributed by atoms with van der Waals surface area (Å²) in [7, 11) is 0. The number of pyridine rings is 1. The minimum Gasteiger partial charge on any atom is -0.234 e. The topological polar surface area (TPSA) is 78.2 Å². The van der Waals surface area contributed by atoms with Crippen LogP contribution in [-0.4, -0.2) is 20.4 Å². The summed E-state index contributed by atoms with van der Waals surface area (Å²) in [6.45, 7) is 0. The first-order valence-corrected chi connectivity index (χ1v) is 7.14. The number of fused-ring (bicyclic) bond motifs is 1. The van der Waals surface area contributed by atoms with Crippen LogP contribution >= 0.6 is 0 Å². The van der Waals surface area contributed by atoms with Crippen LogP contribution in [0.5, 0.6) is 0 Å². The van der Waals surface area contributed by atoms with E-state index in [9.17, 15) is 5.26 Å². The van der Waals surface area contributed by atoms with Gasteiger partial charge in [0, 0.05) is 11.1 Å². The lowest BCUT2D eigenvalue weighted by molar-refractivity contribution is 0.959. The fourth-order valence-corrected chi connectivity index (χ4v) is 2.66. The number of nitrogens with zero attached hydrogens (tertiary/aromatic N) is 4. The van der Waals surface area contributed by atoms with Crippen molar-refractivity contribution in [2.75, 3.05) is 0 Å². The average molecular weight is 297 g/mol. The van der Waals surface area contributed by atoms with Crippen LogP contribution in [0, 0.1) is 11.3 Å². The van der Waals surface area contributed by atoms with E-state index in [1.54, 1.807) is 0 Å². The molecule has 0 spiro atoms. The molecule has 0 aliphatic heterocycles. The van der Waals surface area contributed by atoms with E-state index >= 15 is 0 Å². The fourth-order valence-electron chi connectivity index (χ4n) is 2.66. The molecule has 4 rings (SSSR count). The van der Waals surface area contributed by atoms with Gasteiger partial charge in [-0.3, -0.25) is 0 Å². The summed E-state index contributed by atoms with van der Waals surface area (Å²) in [4.78, 5) is 4.55. The smallest absolute Gasteiger partial charge is 0.151 e. The predicted molar refractivity (Wildman–Crippen MR) is 87.3 cm³/mol. The SMILES string of the molecule is N#Cc1nc(-c2ccccc2)c2n[nH]nc2c1-c1ccccc1. The summed E-state index contributed by atoms with van der Waals surface area (Å²) >= 11 is 0. The van der Waals surface area contributed by atoms with Crippen LogP contribution in [0.4, 0.5) is 0 Å². The van der Waals surface area contributed by atoms with Gasteiger partial charge in [-0.2, -0.15) is 20.7 Å². The molecule has 0 bridgehead atoms. The zero-order valence-corrected chi connectivity index (χ0v) is 12.1. The summed E-state index contributed by atoms with van der Waals surface area (Å²) < 4.78 is 0. The Labute approximate surface area is 132 Å². The third kappa shape index (κ3) is 2.14. The molecule has 5 nitrogen and oxygen atoms in total. The Kier molecular flexibility index (Phi) is 3.06. The lowest BCUT2D eigenvalue weighted by Crippen LogP contribution is -1.95. The Bertz CT molecular complexity index is 1010. The highest BCUT2D eigenvalue weighted by Crippen LogP contribution is 2.33. The molecule has 0 atom stereocenters. The van der Waals surface area contributed by atoms with Crippen molar-refractivity contribution in [1.82, 2.24) is 20.4 Å². The van der Waals surface area contributed by atoms with Gasteiger partial charge in [0.2, 0.25) is 0 Å². The zero-order chi connectivity index (χ0) is 15.6. The van der Waals surface area contributed by atoms with Crippen LogP contribution < -0.4 is 0 Å². The molecule has 0 saturated carbocycles. The van der Waals surface area contributed by atoms with E-state index in [1.165, 1.54) is 0 Å². The molecule has 2 heterocycles. The summed E-state index contributed by atoms with van der Waals surface area (Å²) in [5.41, 5.74) is 4.83. The second kappa shape index (κ2) is 5.35. The molecule has 0 aliphatic carbocycles. The quantitative estimate of drug-likeness (QED) is 0.613. The highest BCUT2D eigenvalue weighted by atomic mass is 15.3. The molecule has 1 N–H and O–H groups in total. The molecule has 0 radical (unpaired) electrons. The third-order valence-electron chi connectivity index (χ3n) is 3.69. The number of nitriles is 1. The average Bonchev–Trinajstić information content (AvgIpc) is 3.11. The number of rotatable bonds is 2. The van der Waals surface area contributed by atoms with Crippen LogP contribution in [0.1, 0.15) is 5.69 Å². The number of H-pyrrole nitrogens is 1. The molecule has 5 heteroatoms. The van der Waals surface area contributed by atoms with Gasteiger partial charge in [0.1, 0.15) is 22.8 Å². The minimum atomic E-state index is 0.344. The van der Waals surface area contributed by atoms with Gasteiger partial charge in [-0.05, 0) is 5.56 Å². The van der Waals surface area contributed by atoms with Gasteiger partial charge in [-0.25, -0.2) is 4.98 Å². The van der Waals surface area contributed by atoms with E-state index in [1.807, 2.05) is 60.7 Å². The molecule has 23 heavy (non-hydrogen) atoms. The van der Waals surface area contributed by atoms with Crippen molar-refractivity contribution in [3.05, 3.63) is 66.4 Å². The normalized spacial score (nSPS) is 10.6. The lowest BCUT2D eigenvalue weighted by Gasteiger charge is -2.08. The van der Waals surface area contributed by atoms with E-state index in [0.29, 0.717) is 28.0 Å². The van der Waals surface area contributed by atoms with Crippen LogP contribution in [0.2, 0.25) is 0 Å². The van der Waals surface area contributed by atoms with E-state index < -0.39 is 0 Å². The second-order valence-corrected chi connectivity index (χ2v) is 5.05. The van der Waals surface area contributed by atoms with Crippen molar-refractivity contribution in [3.8, 4) is 28.5 Å². The molecular formula is C18H11N5. The number of hydrogen-bond acceptors (Lipinski definition) is 4. The van der Waals surface area contributed by atoms with Gasteiger partial charge in [-0.15, -0.1) is 0 Å². The van der Waals surface area contributed by atoms with E-state index in [-0.39, 0.29) is 0 Å². The van der Waals surface area contributed by atoms with Gasteiger partial charge in [0.25, 0.3) is 0 Å². The molecule has 108 valence electrons. The van der Waals surface area contributed by atoms with Crippen LogP contribution in [0.15, 0.2) is 60.7 Å². The Hall–Kier alpha value is -3.52. The standard InChI is InChI=1S/C18H11N5/c19-11-14-15(12-7-3-1-4-8-12)17-18(22-23-21-17)16(20-14)13-9-5-2-6-10-13/h1-10H,(H,21,22,23). The Morgan fingerprint density at radius 2 is 1.39 bits per heavy atom. The van der Waals surface area contributed by atoms with Crippen LogP contribution in [0.3, 0.4) is 0 Å². The second-order valence-electron chi connectivity index (χ2n) is 5.05. The van der Waals surface area contributed by atoms with Crippen molar-refractivity contribution in [1.29, 1.82) is 5.26 Å². The number of benzene rings is 2. The molecular weight excluding hydrogens is 286 g/mol. The monoisotopic (exact) mass is 297 g/mol. The van der Waals surface area contributed by atoms with Gasteiger partial charge in [-0.1, -0.05) is 60.7 Å². The Balaban J connectivity index is 2.08. The predicted octanol–water partition coefficient (Wildman–Crippen LogP) is 3.56. The number of aromatic nitrogens is 4. The van der Waals surface area contributed by atoms with Crippen LogP contribution in [-0.2, 0) is 0 Å². The summed E-state index contributed by atoms with van der Waals surface area (Å²) in [5, 5.41) is 20.7. The van der Waals surface area contributed by atoms with E-state index in [0.717, 1.165) is 11.1 Å². The first-order valence-electron chi connectivity index (χ1n) is 7.14. The first kappa shape index (κ1) is 13.2. The van der Waals surface area contributed by atoms with Gasteiger partial charge >= 0.3 is 0 Å². The summed E-state index contributed by atoms with van der Waals surface area (Å²) in [6, 6.07) is 21.5. The molecule has 0 unspecified atom stereocenters. The Morgan fingerprint density at radius 3 is 2.04 bits per heavy atom. The maximum atomic E-state index is 9.58. The van der Waals surface area contributed by atoms with Crippen molar-refractivity contribution >= 4 is 11.0 Å². The maximum Gasteiger partial charge on any atom is 0.151 e. The fraction of sp³-hybridized carbons (Fsp3) is 0. The van der Waals surface area contributed by atoms with E-state index in [2.05, 4.69) is 26.5 Å². The molecule has 2 aromatic heterocycles. The molecule has 2 aromatic carbocycles. The highest BCUT2D eigenvalue weighted by Gasteiger charge is 2.19.